The Morgan fingerprint density at radius 1 is 1.29 bits per heavy atom. The molecular weight excluding hydrogens is 268 g/mol. The molecule has 0 amide bonds. The van der Waals surface area contributed by atoms with Crippen LogP contribution in [0, 0.1) is 0 Å². The molecule has 0 saturated heterocycles. The summed E-state index contributed by atoms with van der Waals surface area (Å²) in [6.45, 7) is 4.02. The number of likely N-dealkylation sites (N-methyl/N-ethyl adjacent to an activating group) is 2. The van der Waals surface area contributed by atoms with Crippen LogP contribution in [-0.4, -0.2) is 59.0 Å². The van der Waals surface area contributed by atoms with Crippen molar-refractivity contribution < 1.29 is 14.2 Å². The second-order valence-corrected chi connectivity index (χ2v) is 5.35. The third kappa shape index (κ3) is 4.59. The summed E-state index contributed by atoms with van der Waals surface area (Å²) in [6.07, 6.45) is 1.05. The van der Waals surface area contributed by atoms with Gasteiger partial charge < -0.3 is 24.4 Å². The summed E-state index contributed by atoms with van der Waals surface area (Å²) in [5.41, 5.74) is 1.22. The highest BCUT2D eigenvalue weighted by molar-refractivity contribution is 5.44. The van der Waals surface area contributed by atoms with E-state index in [4.69, 9.17) is 14.2 Å². The maximum atomic E-state index is 5.66. The smallest absolute Gasteiger partial charge is 0.161 e. The molecule has 1 aromatic rings. The summed E-state index contributed by atoms with van der Waals surface area (Å²) < 4.78 is 16.3. The molecule has 5 heteroatoms. The van der Waals surface area contributed by atoms with Crippen LogP contribution in [0.1, 0.15) is 18.0 Å². The van der Waals surface area contributed by atoms with Gasteiger partial charge in [0.1, 0.15) is 13.2 Å². The van der Waals surface area contributed by atoms with Crippen LogP contribution >= 0.6 is 0 Å². The van der Waals surface area contributed by atoms with Gasteiger partial charge in [0.15, 0.2) is 11.5 Å². The Hall–Kier alpha value is -1.30. The molecule has 0 aliphatic carbocycles. The standard InChI is InChI=1S/C16H26N2O3/c1-17-14(12-18(2)7-4-8-19-3)13-5-6-15-16(11-13)21-10-9-20-15/h5-6,11,14,17H,4,7-10,12H2,1-3H3. The van der Waals surface area contributed by atoms with E-state index in [0.29, 0.717) is 13.2 Å². The lowest BCUT2D eigenvalue weighted by Crippen LogP contribution is -2.32. The highest BCUT2D eigenvalue weighted by atomic mass is 16.6. The topological polar surface area (TPSA) is 43.0 Å². The van der Waals surface area contributed by atoms with Crippen LogP contribution in [-0.2, 0) is 4.74 Å². The van der Waals surface area contributed by atoms with Crippen LogP contribution in [0.3, 0.4) is 0 Å². The van der Waals surface area contributed by atoms with Crippen LogP contribution < -0.4 is 14.8 Å². The monoisotopic (exact) mass is 294 g/mol. The Kier molecular flexibility index (Phi) is 6.29. The fourth-order valence-corrected chi connectivity index (χ4v) is 2.52. The minimum absolute atomic E-state index is 0.272. The van der Waals surface area contributed by atoms with Gasteiger partial charge in [0, 0.05) is 32.8 Å². The molecule has 0 spiro atoms. The molecule has 1 heterocycles. The van der Waals surface area contributed by atoms with Gasteiger partial charge in [0.25, 0.3) is 0 Å². The average Bonchev–Trinajstić information content (AvgIpc) is 2.52. The second-order valence-electron chi connectivity index (χ2n) is 5.35. The van der Waals surface area contributed by atoms with Gasteiger partial charge in [-0.3, -0.25) is 0 Å². The Bertz CT molecular complexity index is 440. The number of benzene rings is 1. The molecule has 0 fully saturated rings. The van der Waals surface area contributed by atoms with Crippen LogP contribution in [0.15, 0.2) is 18.2 Å². The van der Waals surface area contributed by atoms with Gasteiger partial charge in [-0.25, -0.2) is 0 Å². The van der Waals surface area contributed by atoms with Crippen molar-refractivity contribution in [1.82, 2.24) is 10.2 Å². The van der Waals surface area contributed by atoms with Crippen molar-refractivity contribution in [3.63, 3.8) is 0 Å². The van der Waals surface area contributed by atoms with E-state index in [1.54, 1.807) is 7.11 Å². The van der Waals surface area contributed by atoms with Crippen LogP contribution in [0.5, 0.6) is 11.5 Å². The fourth-order valence-electron chi connectivity index (χ4n) is 2.52. The lowest BCUT2D eigenvalue weighted by Gasteiger charge is -2.25. The van der Waals surface area contributed by atoms with Gasteiger partial charge in [-0.15, -0.1) is 0 Å². The number of nitrogens with one attached hydrogen (secondary N) is 1. The van der Waals surface area contributed by atoms with E-state index in [1.165, 1.54) is 5.56 Å². The Balaban J connectivity index is 1.96. The maximum Gasteiger partial charge on any atom is 0.161 e. The first-order valence-corrected chi connectivity index (χ1v) is 7.49. The van der Waals surface area contributed by atoms with Gasteiger partial charge in [-0.1, -0.05) is 6.07 Å². The highest BCUT2D eigenvalue weighted by Gasteiger charge is 2.17. The van der Waals surface area contributed by atoms with Crippen LogP contribution in [0.4, 0.5) is 0 Å². The molecule has 2 rings (SSSR count). The van der Waals surface area contributed by atoms with Gasteiger partial charge in [0.05, 0.1) is 0 Å². The second kappa shape index (κ2) is 8.22. The van der Waals surface area contributed by atoms with Gasteiger partial charge >= 0.3 is 0 Å². The first-order valence-electron chi connectivity index (χ1n) is 7.49. The molecule has 21 heavy (non-hydrogen) atoms. The van der Waals surface area contributed by atoms with Crippen molar-refractivity contribution in [2.24, 2.45) is 0 Å². The Labute approximate surface area is 127 Å². The number of ether oxygens (including phenoxy) is 3. The van der Waals surface area contributed by atoms with E-state index in [-0.39, 0.29) is 6.04 Å². The van der Waals surface area contributed by atoms with E-state index >= 15 is 0 Å². The largest absolute Gasteiger partial charge is 0.486 e. The predicted molar refractivity (Wildman–Crippen MR) is 83.2 cm³/mol. The molecule has 1 aliphatic rings. The van der Waals surface area contributed by atoms with E-state index in [2.05, 4.69) is 29.4 Å². The predicted octanol–water partition coefficient (Wildman–Crippen LogP) is 1.69. The molecule has 5 nitrogen and oxygen atoms in total. The number of hydrogen-bond donors (Lipinski definition) is 1. The average molecular weight is 294 g/mol. The van der Waals surface area contributed by atoms with Gasteiger partial charge in [-0.2, -0.15) is 0 Å². The van der Waals surface area contributed by atoms with Crippen molar-refractivity contribution in [2.75, 3.05) is 54.1 Å². The number of hydrogen-bond acceptors (Lipinski definition) is 5. The third-order valence-corrected chi connectivity index (χ3v) is 3.70. The Morgan fingerprint density at radius 3 is 2.76 bits per heavy atom. The minimum Gasteiger partial charge on any atom is -0.486 e. The zero-order chi connectivity index (χ0) is 15.1. The summed E-state index contributed by atoms with van der Waals surface area (Å²) in [7, 11) is 5.87. The van der Waals surface area contributed by atoms with Gasteiger partial charge in [0.2, 0.25) is 0 Å². The zero-order valence-corrected chi connectivity index (χ0v) is 13.2. The van der Waals surface area contributed by atoms with Crippen molar-refractivity contribution in [3.05, 3.63) is 23.8 Å². The molecule has 1 aromatic carbocycles. The first-order chi connectivity index (χ1) is 10.2. The van der Waals surface area contributed by atoms with Crippen molar-refractivity contribution in [3.8, 4) is 11.5 Å². The summed E-state index contributed by atoms with van der Waals surface area (Å²) in [6, 6.07) is 6.46. The maximum absolute atomic E-state index is 5.66. The molecular formula is C16H26N2O3. The van der Waals surface area contributed by atoms with E-state index in [0.717, 1.165) is 37.6 Å². The number of methoxy groups -OCH3 is 1. The first kappa shape index (κ1) is 16.1. The van der Waals surface area contributed by atoms with E-state index in [9.17, 15) is 0 Å². The Morgan fingerprint density at radius 2 is 2.05 bits per heavy atom. The van der Waals surface area contributed by atoms with Gasteiger partial charge in [-0.05, 0) is 38.2 Å². The van der Waals surface area contributed by atoms with Crippen molar-refractivity contribution in [1.29, 1.82) is 0 Å². The lowest BCUT2D eigenvalue weighted by molar-refractivity contribution is 0.170. The van der Waals surface area contributed by atoms with Crippen molar-refractivity contribution in [2.45, 2.75) is 12.5 Å². The molecule has 1 aliphatic heterocycles. The summed E-state index contributed by atoms with van der Waals surface area (Å²) >= 11 is 0. The number of nitrogens with zero attached hydrogens (tertiary/aromatic N) is 1. The van der Waals surface area contributed by atoms with Crippen LogP contribution in [0.25, 0.3) is 0 Å². The van der Waals surface area contributed by atoms with Crippen molar-refractivity contribution >= 4 is 0 Å². The molecule has 0 bridgehead atoms. The lowest BCUT2D eigenvalue weighted by atomic mass is 10.1. The van der Waals surface area contributed by atoms with E-state index < -0.39 is 0 Å². The highest BCUT2D eigenvalue weighted by Crippen LogP contribution is 2.32. The molecule has 118 valence electrons. The fraction of sp³-hybridized carbons (Fsp3) is 0.625. The summed E-state index contributed by atoms with van der Waals surface area (Å²) in [5.74, 6) is 1.69. The molecule has 1 atom stereocenters. The molecule has 0 saturated carbocycles. The SMILES string of the molecule is CNC(CN(C)CCCOC)c1ccc2c(c1)OCCO2. The zero-order valence-electron chi connectivity index (χ0n) is 13.2. The molecule has 1 N–H and O–H groups in total. The molecule has 0 radical (unpaired) electrons. The number of rotatable bonds is 8. The summed E-state index contributed by atoms with van der Waals surface area (Å²) in [4.78, 5) is 2.32. The van der Waals surface area contributed by atoms with E-state index in [1.807, 2.05) is 13.1 Å². The van der Waals surface area contributed by atoms with Crippen LogP contribution in [0.2, 0.25) is 0 Å². The molecule has 0 aromatic heterocycles. The minimum atomic E-state index is 0.272. The summed E-state index contributed by atoms with van der Waals surface area (Å²) in [5, 5.41) is 3.38. The molecule has 1 unspecified atom stereocenters. The third-order valence-electron chi connectivity index (χ3n) is 3.70. The number of fused-ring (bicyclic) bond motifs is 1. The quantitative estimate of drug-likeness (QED) is 0.739. The normalized spacial score (nSPS) is 15.2.